The highest BCUT2D eigenvalue weighted by atomic mass is 35.5. The van der Waals surface area contributed by atoms with Crippen molar-refractivity contribution in [2.45, 2.75) is 0 Å². The Hall–Kier alpha value is -1.79. The van der Waals surface area contributed by atoms with Crippen molar-refractivity contribution >= 4 is 41.1 Å². The number of carboxylic acid groups (broad SMARTS) is 3. The normalized spacial score (nSPS) is 10.0. The van der Waals surface area contributed by atoms with E-state index in [1.165, 1.54) is 0 Å². The molecule has 0 aliphatic heterocycles. The van der Waals surface area contributed by atoms with Gasteiger partial charge in [-0.2, -0.15) is 0 Å². The van der Waals surface area contributed by atoms with Gasteiger partial charge in [-0.25, -0.2) is 14.4 Å². The lowest BCUT2D eigenvalue weighted by Crippen LogP contribution is -2.12. The lowest BCUT2D eigenvalue weighted by atomic mass is 10.0. The zero-order valence-electron chi connectivity index (χ0n) is 7.90. The lowest BCUT2D eigenvalue weighted by molar-refractivity contribution is 0.0649. The predicted molar refractivity (Wildman–Crippen MR) is 57.3 cm³/mol. The molecule has 3 N–H and O–H groups in total. The van der Waals surface area contributed by atoms with E-state index in [1.54, 1.807) is 0 Å². The second-order valence-corrected chi connectivity index (χ2v) is 3.67. The first-order valence-corrected chi connectivity index (χ1v) is 4.74. The molecular weight excluding hydrogens is 275 g/mol. The smallest absolute Gasteiger partial charge is 0.338 e. The van der Waals surface area contributed by atoms with E-state index in [-0.39, 0.29) is 0 Å². The molecule has 0 bridgehead atoms. The largest absolute Gasteiger partial charge is 0.478 e. The van der Waals surface area contributed by atoms with Crippen molar-refractivity contribution < 1.29 is 29.7 Å². The van der Waals surface area contributed by atoms with Gasteiger partial charge in [0.2, 0.25) is 0 Å². The molecule has 0 aliphatic rings. The number of aromatic carboxylic acids is 3. The summed E-state index contributed by atoms with van der Waals surface area (Å²) in [6, 6.07) is 0.739. The molecule has 0 amide bonds. The van der Waals surface area contributed by atoms with Gasteiger partial charge in [0.25, 0.3) is 0 Å². The van der Waals surface area contributed by atoms with Gasteiger partial charge < -0.3 is 15.3 Å². The van der Waals surface area contributed by atoms with Gasteiger partial charge in [-0.15, -0.1) is 0 Å². The molecule has 0 aliphatic carbocycles. The standard InChI is InChI=1S/C9H4Cl2O6/c10-3-1-2(7(12)13)4(8(14)15)6(11)5(3)9(16)17/h1H,(H,12,13)(H,14,15)(H,16,17). The second-order valence-electron chi connectivity index (χ2n) is 2.89. The molecule has 0 heterocycles. The molecule has 6 nitrogen and oxygen atoms in total. The van der Waals surface area contributed by atoms with Crippen LogP contribution in [0.4, 0.5) is 0 Å². The summed E-state index contributed by atoms with van der Waals surface area (Å²) >= 11 is 11.1. The van der Waals surface area contributed by atoms with Crippen LogP contribution in [0.5, 0.6) is 0 Å². The van der Waals surface area contributed by atoms with Gasteiger partial charge in [0.05, 0.1) is 26.7 Å². The van der Waals surface area contributed by atoms with Gasteiger partial charge >= 0.3 is 17.9 Å². The van der Waals surface area contributed by atoms with E-state index in [2.05, 4.69) is 0 Å². The molecule has 1 rings (SSSR count). The summed E-state index contributed by atoms with van der Waals surface area (Å²) in [6.07, 6.45) is 0. The quantitative estimate of drug-likeness (QED) is 0.780. The third-order valence-corrected chi connectivity index (χ3v) is 2.55. The Balaban J connectivity index is 3.76. The summed E-state index contributed by atoms with van der Waals surface area (Å²) in [7, 11) is 0. The van der Waals surface area contributed by atoms with E-state index in [0.29, 0.717) is 0 Å². The third kappa shape index (κ3) is 2.32. The molecule has 0 spiro atoms. The maximum Gasteiger partial charge on any atom is 0.338 e. The first-order chi connectivity index (χ1) is 7.77. The molecule has 8 heteroatoms. The van der Waals surface area contributed by atoms with Crippen molar-refractivity contribution in [3.05, 3.63) is 32.8 Å². The van der Waals surface area contributed by atoms with Crippen LogP contribution in [0.1, 0.15) is 31.1 Å². The topological polar surface area (TPSA) is 112 Å². The Morgan fingerprint density at radius 2 is 1.35 bits per heavy atom. The molecule has 1 aromatic rings. The minimum absolute atomic E-state index is 0.440. The first-order valence-electron chi connectivity index (χ1n) is 3.99. The fraction of sp³-hybridized carbons (Fsp3) is 0. The highest BCUT2D eigenvalue weighted by Gasteiger charge is 2.27. The van der Waals surface area contributed by atoms with E-state index >= 15 is 0 Å². The van der Waals surface area contributed by atoms with Crippen LogP contribution in [0.25, 0.3) is 0 Å². The molecule has 0 fully saturated rings. The number of halogens is 2. The summed E-state index contributed by atoms with van der Waals surface area (Å²) in [5, 5.41) is 25.2. The van der Waals surface area contributed by atoms with Crippen LogP contribution >= 0.6 is 23.2 Å². The van der Waals surface area contributed by atoms with E-state index in [4.69, 9.17) is 38.5 Å². The Morgan fingerprint density at radius 3 is 1.71 bits per heavy atom. The highest BCUT2D eigenvalue weighted by molar-refractivity contribution is 6.41. The molecule has 17 heavy (non-hydrogen) atoms. The number of carboxylic acids is 3. The van der Waals surface area contributed by atoms with Gasteiger partial charge in [0.15, 0.2) is 0 Å². The summed E-state index contributed by atoms with van der Waals surface area (Å²) in [5.41, 5.74) is -2.12. The van der Waals surface area contributed by atoms with E-state index in [9.17, 15) is 14.4 Å². The lowest BCUT2D eigenvalue weighted by Gasteiger charge is -2.08. The third-order valence-electron chi connectivity index (χ3n) is 1.88. The zero-order chi connectivity index (χ0) is 13.3. The number of benzene rings is 1. The molecule has 0 aromatic heterocycles. The number of hydrogen-bond acceptors (Lipinski definition) is 3. The van der Waals surface area contributed by atoms with E-state index in [1.807, 2.05) is 0 Å². The maximum atomic E-state index is 10.8. The Bertz CT molecular complexity index is 537. The Morgan fingerprint density at radius 1 is 0.882 bits per heavy atom. The molecule has 0 radical (unpaired) electrons. The Kier molecular flexibility index (Phi) is 3.59. The van der Waals surface area contributed by atoms with Crippen molar-refractivity contribution in [1.29, 1.82) is 0 Å². The average Bonchev–Trinajstić information content (AvgIpc) is 2.14. The molecular formula is C9H4Cl2O6. The number of hydrogen-bond donors (Lipinski definition) is 3. The summed E-state index contributed by atoms with van der Waals surface area (Å²) < 4.78 is 0. The van der Waals surface area contributed by atoms with Crippen LogP contribution in [-0.4, -0.2) is 33.2 Å². The van der Waals surface area contributed by atoms with Gasteiger partial charge in [0, 0.05) is 0 Å². The van der Waals surface area contributed by atoms with Crippen LogP contribution in [-0.2, 0) is 0 Å². The van der Waals surface area contributed by atoms with Gasteiger partial charge in [0.1, 0.15) is 0 Å². The molecule has 0 saturated heterocycles. The minimum atomic E-state index is -1.65. The SMILES string of the molecule is O=C(O)c1cc(Cl)c(C(=O)O)c(Cl)c1C(=O)O. The summed E-state index contributed by atoms with van der Waals surface area (Å²) in [5.74, 6) is -4.76. The molecule has 1 aromatic carbocycles. The van der Waals surface area contributed by atoms with Crippen LogP contribution in [0.15, 0.2) is 6.07 Å². The van der Waals surface area contributed by atoms with Crippen molar-refractivity contribution in [3.63, 3.8) is 0 Å². The highest BCUT2D eigenvalue weighted by Crippen LogP contribution is 2.31. The number of rotatable bonds is 3. The average molecular weight is 279 g/mol. The molecule has 0 atom stereocenters. The summed E-state index contributed by atoms with van der Waals surface area (Å²) in [6.45, 7) is 0. The first kappa shape index (κ1) is 13.3. The van der Waals surface area contributed by atoms with Crippen molar-refractivity contribution in [2.75, 3.05) is 0 Å². The van der Waals surface area contributed by atoms with Crippen LogP contribution in [0.3, 0.4) is 0 Å². The van der Waals surface area contributed by atoms with Crippen LogP contribution in [0, 0.1) is 0 Å². The van der Waals surface area contributed by atoms with Gasteiger partial charge in [-0.3, -0.25) is 0 Å². The minimum Gasteiger partial charge on any atom is -0.478 e. The Labute approximate surface area is 104 Å². The van der Waals surface area contributed by atoms with Crippen molar-refractivity contribution in [1.82, 2.24) is 0 Å². The maximum absolute atomic E-state index is 10.8. The number of carbonyl (C=O) groups is 3. The molecule has 0 saturated carbocycles. The van der Waals surface area contributed by atoms with Gasteiger partial charge in [-0.1, -0.05) is 23.2 Å². The van der Waals surface area contributed by atoms with E-state index < -0.39 is 44.6 Å². The van der Waals surface area contributed by atoms with E-state index in [0.717, 1.165) is 6.07 Å². The van der Waals surface area contributed by atoms with Crippen molar-refractivity contribution in [3.8, 4) is 0 Å². The molecule has 90 valence electrons. The molecule has 0 unspecified atom stereocenters. The van der Waals surface area contributed by atoms with Crippen LogP contribution < -0.4 is 0 Å². The predicted octanol–water partition coefficient (Wildman–Crippen LogP) is 2.09. The fourth-order valence-corrected chi connectivity index (χ4v) is 1.89. The fourth-order valence-electron chi connectivity index (χ4n) is 1.19. The van der Waals surface area contributed by atoms with Crippen molar-refractivity contribution in [2.24, 2.45) is 0 Å². The second kappa shape index (κ2) is 4.60. The van der Waals surface area contributed by atoms with Crippen LogP contribution in [0.2, 0.25) is 10.0 Å². The van der Waals surface area contributed by atoms with Gasteiger partial charge in [-0.05, 0) is 6.07 Å². The monoisotopic (exact) mass is 278 g/mol. The summed E-state index contributed by atoms with van der Waals surface area (Å²) in [4.78, 5) is 32.4. The zero-order valence-corrected chi connectivity index (χ0v) is 9.41.